The van der Waals surface area contributed by atoms with Gasteiger partial charge in [0.15, 0.2) is 0 Å². The smallest absolute Gasteiger partial charge is 0.410 e. The number of nitrogens with zero attached hydrogens (tertiary/aromatic N) is 2. The molecule has 21 heavy (non-hydrogen) atoms. The number of carbonyl (C=O) groups is 1. The number of hydrogen-bond donors (Lipinski definition) is 1. The van der Waals surface area contributed by atoms with Gasteiger partial charge in [-0.3, -0.25) is 0 Å². The minimum absolute atomic E-state index is 0.150. The Morgan fingerprint density at radius 2 is 1.86 bits per heavy atom. The van der Waals surface area contributed by atoms with E-state index in [0.29, 0.717) is 12.0 Å². The second kappa shape index (κ2) is 6.97. The van der Waals surface area contributed by atoms with Crippen LogP contribution in [-0.2, 0) is 4.74 Å². The molecule has 1 amide bonds. The molecule has 1 N–H and O–H groups in total. The predicted octanol–water partition coefficient (Wildman–Crippen LogP) is 2.09. The van der Waals surface area contributed by atoms with Crippen LogP contribution in [0.3, 0.4) is 0 Å². The lowest BCUT2D eigenvalue weighted by atomic mass is 9.96. The van der Waals surface area contributed by atoms with Crippen LogP contribution in [-0.4, -0.2) is 65.4 Å². The number of piperidine rings is 1. The second-order valence-corrected chi connectivity index (χ2v) is 7.37. The van der Waals surface area contributed by atoms with Crippen molar-refractivity contribution in [2.24, 2.45) is 5.92 Å². The van der Waals surface area contributed by atoms with E-state index < -0.39 is 5.60 Å². The van der Waals surface area contributed by atoms with Crippen molar-refractivity contribution in [3.05, 3.63) is 0 Å². The van der Waals surface area contributed by atoms with Crippen LogP contribution < -0.4 is 0 Å². The molecule has 1 saturated carbocycles. The molecule has 2 aliphatic rings. The zero-order chi connectivity index (χ0) is 15.5. The molecule has 2 rings (SSSR count). The van der Waals surface area contributed by atoms with Gasteiger partial charge < -0.3 is 19.6 Å². The quantitative estimate of drug-likeness (QED) is 0.844. The molecule has 0 radical (unpaired) electrons. The summed E-state index contributed by atoms with van der Waals surface area (Å²) >= 11 is 0. The van der Waals surface area contributed by atoms with Crippen molar-refractivity contribution in [2.75, 3.05) is 32.8 Å². The number of carbonyl (C=O) groups excluding carboxylic acids is 1. The van der Waals surface area contributed by atoms with Gasteiger partial charge in [-0.25, -0.2) is 4.79 Å². The van der Waals surface area contributed by atoms with Crippen molar-refractivity contribution in [1.82, 2.24) is 9.80 Å². The highest BCUT2D eigenvalue weighted by atomic mass is 16.6. The van der Waals surface area contributed by atoms with Gasteiger partial charge in [-0.15, -0.1) is 0 Å². The molecule has 0 bridgehead atoms. The molecule has 0 aromatic heterocycles. The average Bonchev–Trinajstić information content (AvgIpc) is 3.20. The number of rotatable bonds is 5. The molecule has 0 unspecified atom stereocenters. The molecule has 0 spiro atoms. The van der Waals surface area contributed by atoms with E-state index in [1.807, 2.05) is 25.7 Å². The summed E-state index contributed by atoms with van der Waals surface area (Å²) in [5, 5.41) is 8.98. The van der Waals surface area contributed by atoms with Crippen molar-refractivity contribution in [2.45, 2.75) is 58.1 Å². The van der Waals surface area contributed by atoms with E-state index in [-0.39, 0.29) is 12.7 Å². The van der Waals surface area contributed by atoms with Crippen molar-refractivity contribution >= 4 is 6.09 Å². The number of likely N-dealkylation sites (tertiary alicyclic amines) is 1. The first kappa shape index (κ1) is 16.6. The van der Waals surface area contributed by atoms with Crippen LogP contribution in [0, 0.1) is 5.92 Å². The van der Waals surface area contributed by atoms with Crippen LogP contribution in [0.2, 0.25) is 0 Å². The first-order chi connectivity index (χ1) is 9.89. The summed E-state index contributed by atoms with van der Waals surface area (Å²) in [7, 11) is 0. The molecule has 2 fully saturated rings. The molecule has 122 valence electrons. The zero-order valence-electron chi connectivity index (χ0n) is 13.7. The van der Waals surface area contributed by atoms with E-state index in [1.165, 1.54) is 0 Å². The normalized spacial score (nSPS) is 21.3. The van der Waals surface area contributed by atoms with Crippen LogP contribution in [0.1, 0.15) is 46.5 Å². The fourth-order valence-corrected chi connectivity index (χ4v) is 2.89. The Labute approximate surface area is 128 Å². The molecule has 0 aromatic rings. The topological polar surface area (TPSA) is 53.0 Å². The van der Waals surface area contributed by atoms with Crippen molar-refractivity contribution < 1.29 is 14.6 Å². The Morgan fingerprint density at radius 3 is 2.33 bits per heavy atom. The molecule has 1 aliphatic heterocycles. The number of ether oxygens (including phenoxy) is 1. The molecule has 0 atom stereocenters. The molecule has 5 nitrogen and oxygen atoms in total. The summed E-state index contributed by atoms with van der Waals surface area (Å²) in [4.78, 5) is 16.6. The van der Waals surface area contributed by atoms with Crippen LogP contribution in [0.5, 0.6) is 0 Å². The molecular formula is C16H30N2O3. The number of aliphatic hydroxyl groups excluding tert-OH is 1. The Bertz CT molecular complexity index is 342. The third kappa shape index (κ3) is 5.47. The van der Waals surface area contributed by atoms with Gasteiger partial charge in [0.25, 0.3) is 0 Å². The van der Waals surface area contributed by atoms with Crippen LogP contribution in [0.15, 0.2) is 0 Å². The van der Waals surface area contributed by atoms with E-state index in [0.717, 1.165) is 51.9 Å². The van der Waals surface area contributed by atoms with Crippen LogP contribution in [0.25, 0.3) is 0 Å². The highest BCUT2D eigenvalue weighted by molar-refractivity contribution is 5.69. The maximum Gasteiger partial charge on any atom is 0.410 e. The van der Waals surface area contributed by atoms with Crippen molar-refractivity contribution in [3.63, 3.8) is 0 Å². The third-order valence-corrected chi connectivity index (χ3v) is 4.19. The number of aliphatic hydroxyl groups is 1. The largest absolute Gasteiger partial charge is 0.444 e. The summed E-state index contributed by atoms with van der Waals surface area (Å²) in [5.74, 6) is 0.563. The summed E-state index contributed by atoms with van der Waals surface area (Å²) in [6, 6.07) is 0.398. The fraction of sp³-hybridized carbons (Fsp3) is 0.938. The lowest BCUT2D eigenvalue weighted by Crippen LogP contribution is -2.44. The summed E-state index contributed by atoms with van der Waals surface area (Å²) in [6.45, 7) is 9.64. The molecule has 1 heterocycles. The standard InChI is InChI=1S/C16H30N2O3/c1-16(2,3)21-15(20)18(14-4-5-14)12-13-6-8-17(9-7-13)10-11-19/h13-14,19H,4-12H2,1-3H3. The molecule has 5 heteroatoms. The lowest BCUT2D eigenvalue weighted by molar-refractivity contribution is 0.0174. The predicted molar refractivity (Wildman–Crippen MR) is 82.2 cm³/mol. The molecule has 1 saturated heterocycles. The molecule has 1 aliphatic carbocycles. The first-order valence-corrected chi connectivity index (χ1v) is 8.22. The Kier molecular flexibility index (Phi) is 5.49. The van der Waals surface area contributed by atoms with Gasteiger partial charge in [0.05, 0.1) is 6.61 Å². The second-order valence-electron chi connectivity index (χ2n) is 7.37. The maximum atomic E-state index is 12.3. The van der Waals surface area contributed by atoms with Crippen LogP contribution >= 0.6 is 0 Å². The zero-order valence-corrected chi connectivity index (χ0v) is 13.7. The summed E-state index contributed by atoms with van der Waals surface area (Å²) in [5.41, 5.74) is -0.422. The van der Waals surface area contributed by atoms with Gasteiger partial charge in [0, 0.05) is 19.1 Å². The number of β-amino-alcohol motifs (C(OH)–C–C–N with tert-alkyl or cyclic N) is 1. The highest BCUT2D eigenvalue weighted by Crippen LogP contribution is 2.31. The maximum absolute atomic E-state index is 12.3. The Morgan fingerprint density at radius 1 is 1.24 bits per heavy atom. The van der Waals surface area contributed by atoms with Gasteiger partial charge in [0.2, 0.25) is 0 Å². The van der Waals surface area contributed by atoms with Crippen molar-refractivity contribution in [1.29, 1.82) is 0 Å². The number of hydrogen-bond acceptors (Lipinski definition) is 4. The Balaban J connectivity index is 1.82. The van der Waals surface area contributed by atoms with Gasteiger partial charge in [-0.05, 0) is 65.5 Å². The van der Waals surface area contributed by atoms with Gasteiger partial charge in [-0.1, -0.05) is 0 Å². The van der Waals surface area contributed by atoms with E-state index >= 15 is 0 Å². The highest BCUT2D eigenvalue weighted by Gasteiger charge is 2.36. The minimum Gasteiger partial charge on any atom is -0.444 e. The lowest BCUT2D eigenvalue weighted by Gasteiger charge is -2.35. The molecule has 0 aromatic carbocycles. The summed E-state index contributed by atoms with van der Waals surface area (Å²) < 4.78 is 5.55. The van der Waals surface area contributed by atoms with Gasteiger partial charge in [0.1, 0.15) is 5.60 Å². The SMILES string of the molecule is CC(C)(C)OC(=O)N(CC1CCN(CCO)CC1)C1CC1. The fourth-order valence-electron chi connectivity index (χ4n) is 2.89. The van der Waals surface area contributed by atoms with Gasteiger partial charge >= 0.3 is 6.09 Å². The van der Waals surface area contributed by atoms with E-state index in [4.69, 9.17) is 9.84 Å². The first-order valence-electron chi connectivity index (χ1n) is 8.22. The average molecular weight is 298 g/mol. The monoisotopic (exact) mass is 298 g/mol. The Hall–Kier alpha value is -0.810. The number of amides is 1. The van der Waals surface area contributed by atoms with E-state index in [9.17, 15) is 4.79 Å². The van der Waals surface area contributed by atoms with E-state index in [2.05, 4.69) is 4.90 Å². The van der Waals surface area contributed by atoms with E-state index in [1.54, 1.807) is 0 Å². The minimum atomic E-state index is -0.422. The van der Waals surface area contributed by atoms with Crippen LogP contribution in [0.4, 0.5) is 4.79 Å². The van der Waals surface area contributed by atoms with Crippen molar-refractivity contribution in [3.8, 4) is 0 Å². The summed E-state index contributed by atoms with van der Waals surface area (Å²) in [6.07, 6.45) is 4.28. The molecular weight excluding hydrogens is 268 g/mol. The third-order valence-electron chi connectivity index (χ3n) is 4.19. The van der Waals surface area contributed by atoms with Gasteiger partial charge in [-0.2, -0.15) is 0 Å².